The molecule has 0 spiro atoms. The minimum Gasteiger partial charge on any atom is -0.348 e. The van der Waals surface area contributed by atoms with Gasteiger partial charge >= 0.3 is 0 Å². The second kappa shape index (κ2) is 7.72. The zero-order valence-corrected chi connectivity index (χ0v) is 15.6. The number of carbonyl (C=O) groups is 1. The summed E-state index contributed by atoms with van der Waals surface area (Å²) < 4.78 is 11.4. The minimum atomic E-state index is -1.04. The Morgan fingerprint density at radius 2 is 1.80 bits per heavy atom. The average molecular weight is 370 g/mol. The van der Waals surface area contributed by atoms with Gasteiger partial charge in [0.2, 0.25) is 0 Å². The molecule has 0 bridgehead atoms. The highest BCUT2D eigenvalue weighted by Crippen LogP contribution is 2.21. The van der Waals surface area contributed by atoms with Gasteiger partial charge in [0.25, 0.3) is 5.91 Å². The monoisotopic (exact) mass is 370 g/mol. The number of carbonyl (C=O) groups excluding carboxylic acids is 1. The Hall–Kier alpha value is -2.31. The van der Waals surface area contributed by atoms with Crippen molar-refractivity contribution in [2.75, 3.05) is 6.26 Å². The lowest BCUT2D eigenvalue weighted by molar-refractivity contribution is 0.0951. The highest BCUT2D eigenvalue weighted by atomic mass is 32.2. The number of amides is 1. The van der Waals surface area contributed by atoms with Crippen LogP contribution in [0.1, 0.15) is 20.9 Å². The molecule has 0 unspecified atom stereocenters. The third kappa shape index (κ3) is 4.41. The molecule has 1 atom stereocenters. The highest BCUT2D eigenvalue weighted by Gasteiger charge is 2.07. The van der Waals surface area contributed by atoms with Gasteiger partial charge in [-0.05, 0) is 36.8 Å². The average Bonchev–Trinajstić information content (AvgIpc) is 3.06. The van der Waals surface area contributed by atoms with Crippen molar-refractivity contribution in [2.45, 2.75) is 18.4 Å². The number of nitrogens with zero attached hydrogens (tertiary/aromatic N) is 1. The van der Waals surface area contributed by atoms with E-state index in [2.05, 4.69) is 10.3 Å². The first-order valence-corrected chi connectivity index (χ1v) is 10.2. The number of nitrogens with one attached hydrogen (secondary N) is 1. The number of thiazole rings is 1. The van der Waals surface area contributed by atoms with E-state index < -0.39 is 10.8 Å². The fourth-order valence-corrected chi connectivity index (χ4v) is 3.51. The van der Waals surface area contributed by atoms with Crippen molar-refractivity contribution in [3.8, 4) is 11.3 Å². The number of hydrogen-bond donors (Lipinski definition) is 1. The van der Waals surface area contributed by atoms with E-state index in [4.69, 9.17) is 0 Å². The molecule has 0 radical (unpaired) electrons. The summed E-state index contributed by atoms with van der Waals surface area (Å²) in [6.07, 6.45) is 1.62. The predicted octanol–water partition coefficient (Wildman–Crippen LogP) is 3.79. The van der Waals surface area contributed by atoms with Gasteiger partial charge in [-0.15, -0.1) is 11.3 Å². The molecular weight excluding hydrogens is 352 g/mol. The van der Waals surface area contributed by atoms with Crippen LogP contribution in [0.5, 0.6) is 0 Å². The molecule has 6 heteroatoms. The van der Waals surface area contributed by atoms with Crippen molar-refractivity contribution < 1.29 is 9.00 Å². The molecule has 0 aliphatic rings. The number of hydrogen-bond acceptors (Lipinski definition) is 4. The Morgan fingerprint density at radius 3 is 2.36 bits per heavy atom. The first-order valence-electron chi connectivity index (χ1n) is 7.76. The molecule has 0 aliphatic carbocycles. The number of benzene rings is 2. The highest BCUT2D eigenvalue weighted by molar-refractivity contribution is 7.84. The van der Waals surface area contributed by atoms with Crippen molar-refractivity contribution in [3.05, 3.63) is 70.0 Å². The van der Waals surface area contributed by atoms with E-state index in [-0.39, 0.29) is 5.91 Å². The van der Waals surface area contributed by atoms with Crippen LogP contribution in [-0.4, -0.2) is 21.4 Å². The fraction of sp³-hybridized carbons (Fsp3) is 0.158. The second-order valence-corrected chi connectivity index (χ2v) is 8.05. The molecule has 128 valence electrons. The van der Waals surface area contributed by atoms with Crippen LogP contribution >= 0.6 is 11.3 Å². The number of aryl methyl sites for hydroxylation is 1. The maximum atomic E-state index is 12.2. The zero-order chi connectivity index (χ0) is 17.8. The van der Waals surface area contributed by atoms with E-state index in [1.165, 1.54) is 0 Å². The quantitative estimate of drug-likeness (QED) is 0.743. The molecule has 0 aliphatic heterocycles. The van der Waals surface area contributed by atoms with Gasteiger partial charge in [-0.1, -0.05) is 24.3 Å². The second-order valence-electron chi connectivity index (χ2n) is 5.61. The summed E-state index contributed by atoms with van der Waals surface area (Å²) in [5.74, 6) is -0.146. The van der Waals surface area contributed by atoms with Crippen molar-refractivity contribution in [3.63, 3.8) is 0 Å². The van der Waals surface area contributed by atoms with Crippen LogP contribution in [-0.2, 0) is 17.3 Å². The molecule has 0 saturated heterocycles. The van der Waals surface area contributed by atoms with E-state index in [0.29, 0.717) is 17.0 Å². The molecule has 0 fully saturated rings. The van der Waals surface area contributed by atoms with E-state index >= 15 is 0 Å². The van der Waals surface area contributed by atoms with Gasteiger partial charge in [-0.3, -0.25) is 9.00 Å². The van der Waals surface area contributed by atoms with Crippen LogP contribution in [0.3, 0.4) is 0 Å². The van der Waals surface area contributed by atoms with Crippen LogP contribution in [0.4, 0.5) is 0 Å². The molecule has 3 aromatic rings. The Bertz CT molecular complexity index is 900. The summed E-state index contributed by atoms with van der Waals surface area (Å²) >= 11 is 1.63. The molecule has 2 aromatic carbocycles. The smallest absolute Gasteiger partial charge is 0.251 e. The summed E-state index contributed by atoms with van der Waals surface area (Å²) in [4.78, 5) is 17.4. The van der Waals surface area contributed by atoms with Crippen LogP contribution in [0.15, 0.2) is 58.8 Å². The first-order chi connectivity index (χ1) is 12.0. The van der Waals surface area contributed by atoms with Crippen molar-refractivity contribution in [1.82, 2.24) is 10.3 Å². The molecule has 1 N–H and O–H groups in total. The topological polar surface area (TPSA) is 59.1 Å². The standard InChI is InChI=1S/C19H18N2O2S2/c1-13-21-18(12-24-13)15-5-3-14(4-6-15)11-20-19(22)16-7-9-17(10-8-16)25(2)23/h3-10,12H,11H2,1-2H3,(H,20,22)/t25-/m0/s1. The molecule has 3 rings (SSSR count). The molecule has 25 heavy (non-hydrogen) atoms. The van der Waals surface area contributed by atoms with Gasteiger partial charge in [0, 0.05) is 45.0 Å². The summed E-state index contributed by atoms with van der Waals surface area (Å²) in [7, 11) is -1.04. The normalized spacial score (nSPS) is 11.9. The molecular formula is C19H18N2O2S2. The molecule has 1 heterocycles. The van der Waals surface area contributed by atoms with E-state index in [9.17, 15) is 9.00 Å². The maximum Gasteiger partial charge on any atom is 0.251 e. The van der Waals surface area contributed by atoms with E-state index in [1.54, 1.807) is 41.9 Å². The van der Waals surface area contributed by atoms with Crippen molar-refractivity contribution in [2.24, 2.45) is 0 Å². The van der Waals surface area contributed by atoms with Crippen LogP contribution in [0.25, 0.3) is 11.3 Å². The van der Waals surface area contributed by atoms with Gasteiger partial charge < -0.3 is 5.32 Å². The third-order valence-corrected chi connectivity index (χ3v) is 5.48. The lowest BCUT2D eigenvalue weighted by atomic mass is 10.1. The van der Waals surface area contributed by atoms with Crippen LogP contribution in [0.2, 0.25) is 0 Å². The lowest BCUT2D eigenvalue weighted by Gasteiger charge is -2.07. The van der Waals surface area contributed by atoms with Crippen LogP contribution < -0.4 is 5.32 Å². The van der Waals surface area contributed by atoms with Gasteiger partial charge in [0.15, 0.2) is 0 Å². The minimum absolute atomic E-state index is 0.146. The Morgan fingerprint density at radius 1 is 1.12 bits per heavy atom. The Balaban J connectivity index is 1.61. The molecule has 1 aromatic heterocycles. The van der Waals surface area contributed by atoms with Crippen molar-refractivity contribution in [1.29, 1.82) is 0 Å². The Kier molecular flexibility index (Phi) is 5.40. The fourth-order valence-electron chi connectivity index (χ4n) is 2.37. The summed E-state index contributed by atoms with van der Waals surface area (Å²) in [6, 6.07) is 14.8. The van der Waals surface area contributed by atoms with Gasteiger partial charge in [0.05, 0.1) is 10.7 Å². The number of aromatic nitrogens is 1. The van der Waals surface area contributed by atoms with E-state index in [1.807, 2.05) is 36.6 Å². The summed E-state index contributed by atoms with van der Waals surface area (Å²) in [6.45, 7) is 2.44. The number of rotatable bonds is 5. The van der Waals surface area contributed by atoms with Gasteiger partial charge in [0.1, 0.15) is 0 Å². The zero-order valence-electron chi connectivity index (χ0n) is 14.0. The first kappa shape index (κ1) is 17.5. The summed E-state index contributed by atoms with van der Waals surface area (Å²) in [5.41, 5.74) is 3.63. The lowest BCUT2D eigenvalue weighted by Crippen LogP contribution is -2.22. The maximum absolute atomic E-state index is 12.2. The molecule has 0 saturated carbocycles. The van der Waals surface area contributed by atoms with Crippen LogP contribution in [0, 0.1) is 6.92 Å². The van der Waals surface area contributed by atoms with Gasteiger partial charge in [-0.25, -0.2) is 4.98 Å². The predicted molar refractivity (Wildman–Crippen MR) is 102 cm³/mol. The molecule has 1 amide bonds. The Labute approximate surface area is 153 Å². The molecule has 4 nitrogen and oxygen atoms in total. The van der Waals surface area contributed by atoms with E-state index in [0.717, 1.165) is 21.8 Å². The van der Waals surface area contributed by atoms with Crippen molar-refractivity contribution >= 4 is 28.0 Å². The third-order valence-electron chi connectivity index (χ3n) is 3.77. The largest absolute Gasteiger partial charge is 0.348 e. The van der Waals surface area contributed by atoms with Gasteiger partial charge in [-0.2, -0.15) is 0 Å². The SMILES string of the molecule is Cc1nc(-c2ccc(CNC(=O)c3ccc([S@](C)=O)cc3)cc2)cs1. The summed E-state index contributed by atoms with van der Waals surface area (Å²) in [5, 5.41) is 5.99.